The Balaban J connectivity index is 2.39. The zero-order chi connectivity index (χ0) is 15.8. The lowest BCUT2D eigenvalue weighted by atomic mass is 10.1. The van der Waals surface area contributed by atoms with Gasteiger partial charge in [0.1, 0.15) is 5.69 Å². The number of anilines is 1. The van der Waals surface area contributed by atoms with E-state index in [1.54, 1.807) is 17.0 Å². The zero-order valence-corrected chi connectivity index (χ0v) is 12.2. The maximum atomic E-state index is 11.9. The first-order valence-electron chi connectivity index (χ1n) is 6.19. The van der Waals surface area contributed by atoms with Gasteiger partial charge in [0, 0.05) is 27.9 Å². The van der Waals surface area contributed by atoms with Crippen LogP contribution in [0.25, 0.3) is 5.70 Å². The molecular weight excluding hydrogens is 276 g/mol. The number of carbonyl (C=O) groups excluding carboxylic acids is 2. The van der Waals surface area contributed by atoms with E-state index in [4.69, 9.17) is 15.2 Å². The largest absolute Gasteiger partial charge is 0.419 e. The minimum absolute atomic E-state index is 0.127. The topological polar surface area (TPSA) is 108 Å². The molecule has 2 rings (SSSR count). The van der Waals surface area contributed by atoms with Crippen molar-refractivity contribution < 1.29 is 19.1 Å². The second kappa shape index (κ2) is 5.04. The maximum Gasteiger partial charge on any atom is 0.351 e. The van der Waals surface area contributed by atoms with Crippen LogP contribution in [0, 0.1) is 0 Å². The normalized spacial score (nSPS) is 17.0. The summed E-state index contributed by atoms with van der Waals surface area (Å²) in [5, 5.41) is 7.82. The molecule has 1 aliphatic heterocycles. The van der Waals surface area contributed by atoms with Crippen LogP contribution in [0.4, 0.5) is 5.82 Å². The molecule has 0 radical (unpaired) electrons. The van der Waals surface area contributed by atoms with Crippen molar-refractivity contribution in [3.05, 3.63) is 23.4 Å². The number of hydrogen-bond acceptors (Lipinski definition) is 8. The van der Waals surface area contributed by atoms with Crippen molar-refractivity contribution in [2.75, 3.05) is 19.0 Å². The van der Waals surface area contributed by atoms with E-state index in [-0.39, 0.29) is 17.0 Å². The van der Waals surface area contributed by atoms with Crippen molar-refractivity contribution in [1.82, 2.24) is 10.2 Å². The molecule has 1 aliphatic rings. The van der Waals surface area contributed by atoms with Crippen LogP contribution < -0.4 is 10.6 Å². The number of rotatable bonds is 2. The minimum atomic E-state index is -1.31. The summed E-state index contributed by atoms with van der Waals surface area (Å²) in [7, 11) is 3.62. The molecular formula is C13H16N4O4. The van der Waals surface area contributed by atoms with Crippen molar-refractivity contribution in [2.24, 2.45) is 5.73 Å². The minimum Gasteiger partial charge on any atom is -0.419 e. The molecule has 1 aromatic rings. The van der Waals surface area contributed by atoms with Gasteiger partial charge in [-0.1, -0.05) is 0 Å². The number of carbonyl (C=O) groups is 2. The highest BCUT2D eigenvalue weighted by Gasteiger charge is 2.40. The van der Waals surface area contributed by atoms with Crippen molar-refractivity contribution >= 4 is 23.5 Å². The second-order valence-corrected chi connectivity index (χ2v) is 5.14. The number of cyclic esters (lactones) is 2. The van der Waals surface area contributed by atoms with Crippen molar-refractivity contribution in [1.29, 1.82) is 0 Å². The van der Waals surface area contributed by atoms with Crippen molar-refractivity contribution in [3.63, 3.8) is 0 Å². The Bertz CT molecular complexity index is 598. The fraction of sp³-hybridized carbons (Fsp3) is 0.385. The molecule has 0 amide bonds. The molecule has 2 heterocycles. The van der Waals surface area contributed by atoms with E-state index in [2.05, 4.69) is 10.2 Å². The first kappa shape index (κ1) is 14.8. The van der Waals surface area contributed by atoms with Crippen molar-refractivity contribution in [2.45, 2.75) is 19.6 Å². The third kappa shape index (κ3) is 2.93. The smallest absolute Gasteiger partial charge is 0.351 e. The predicted molar refractivity (Wildman–Crippen MR) is 73.7 cm³/mol. The molecule has 0 spiro atoms. The molecule has 0 unspecified atom stereocenters. The predicted octanol–water partition coefficient (Wildman–Crippen LogP) is 0.0485. The van der Waals surface area contributed by atoms with Crippen molar-refractivity contribution in [3.8, 4) is 0 Å². The van der Waals surface area contributed by atoms with Gasteiger partial charge in [-0.15, -0.1) is 10.2 Å². The highest BCUT2D eigenvalue weighted by Crippen LogP contribution is 2.26. The third-order valence-electron chi connectivity index (χ3n) is 2.74. The SMILES string of the molecule is CN(C)c1ccc(C(N)=C2C(=O)OC(C)(C)OC2=O)nn1. The molecule has 8 nitrogen and oxygen atoms in total. The Morgan fingerprint density at radius 1 is 1.14 bits per heavy atom. The molecule has 1 saturated heterocycles. The molecule has 2 N–H and O–H groups in total. The molecule has 8 heteroatoms. The number of hydrogen-bond donors (Lipinski definition) is 1. The number of ether oxygens (including phenoxy) is 2. The first-order chi connectivity index (χ1) is 9.71. The summed E-state index contributed by atoms with van der Waals surface area (Å²) in [4.78, 5) is 25.5. The second-order valence-electron chi connectivity index (χ2n) is 5.14. The molecule has 0 aliphatic carbocycles. The molecule has 0 bridgehead atoms. The van der Waals surface area contributed by atoms with Gasteiger partial charge in [-0.25, -0.2) is 9.59 Å². The molecule has 1 fully saturated rings. The summed E-state index contributed by atoms with van der Waals surface area (Å²) >= 11 is 0. The number of aromatic nitrogens is 2. The van der Waals surface area contributed by atoms with E-state index < -0.39 is 17.7 Å². The average molecular weight is 292 g/mol. The molecule has 0 atom stereocenters. The van der Waals surface area contributed by atoms with E-state index >= 15 is 0 Å². The first-order valence-corrected chi connectivity index (χ1v) is 6.19. The van der Waals surface area contributed by atoms with Crippen LogP contribution in [0.5, 0.6) is 0 Å². The van der Waals surface area contributed by atoms with Gasteiger partial charge >= 0.3 is 11.9 Å². The fourth-order valence-corrected chi connectivity index (χ4v) is 1.71. The van der Waals surface area contributed by atoms with Crippen LogP contribution in [0.1, 0.15) is 19.5 Å². The molecule has 21 heavy (non-hydrogen) atoms. The van der Waals surface area contributed by atoms with Gasteiger partial charge in [-0.2, -0.15) is 0 Å². The summed E-state index contributed by atoms with van der Waals surface area (Å²) < 4.78 is 9.97. The summed E-state index contributed by atoms with van der Waals surface area (Å²) in [6, 6.07) is 3.23. The van der Waals surface area contributed by atoms with Crippen LogP contribution in [0.15, 0.2) is 17.7 Å². The summed E-state index contributed by atoms with van der Waals surface area (Å²) in [6.07, 6.45) is 0. The molecule has 0 saturated carbocycles. The average Bonchev–Trinajstić information content (AvgIpc) is 2.36. The Kier molecular flexibility index (Phi) is 3.54. The van der Waals surface area contributed by atoms with Gasteiger partial charge in [0.05, 0.1) is 5.70 Å². The van der Waals surface area contributed by atoms with Crippen LogP contribution in [-0.4, -0.2) is 42.0 Å². The maximum absolute atomic E-state index is 11.9. The standard InChI is InChI=1S/C13H16N4O4/c1-13(2)20-11(18)9(12(19)21-13)10(14)7-5-6-8(16-15-7)17(3)4/h5-6H,14H2,1-4H3. The Hall–Kier alpha value is -2.64. The van der Waals surface area contributed by atoms with Gasteiger partial charge in [0.25, 0.3) is 5.79 Å². The lowest BCUT2D eigenvalue weighted by Gasteiger charge is -2.30. The van der Waals surface area contributed by atoms with E-state index in [0.29, 0.717) is 5.82 Å². The summed E-state index contributed by atoms with van der Waals surface area (Å²) in [5.41, 5.74) is 5.53. The number of nitrogens with zero attached hydrogens (tertiary/aromatic N) is 3. The zero-order valence-electron chi connectivity index (χ0n) is 12.2. The van der Waals surface area contributed by atoms with Gasteiger partial charge in [0.15, 0.2) is 11.4 Å². The highest BCUT2D eigenvalue weighted by molar-refractivity contribution is 6.20. The molecule has 0 aromatic carbocycles. The van der Waals surface area contributed by atoms with Crippen LogP contribution in [0.3, 0.4) is 0 Å². The highest BCUT2D eigenvalue weighted by atomic mass is 16.7. The van der Waals surface area contributed by atoms with Gasteiger partial charge in [0.2, 0.25) is 0 Å². The lowest BCUT2D eigenvalue weighted by molar-refractivity contribution is -0.222. The quantitative estimate of drug-likeness (QED) is 0.463. The van der Waals surface area contributed by atoms with E-state index in [9.17, 15) is 9.59 Å². The lowest BCUT2D eigenvalue weighted by Crippen LogP contribution is -2.42. The van der Waals surface area contributed by atoms with Crippen LogP contribution in [-0.2, 0) is 19.1 Å². The van der Waals surface area contributed by atoms with E-state index in [1.807, 2.05) is 14.1 Å². The third-order valence-corrected chi connectivity index (χ3v) is 2.74. The molecule has 112 valence electrons. The Morgan fingerprint density at radius 2 is 1.71 bits per heavy atom. The van der Waals surface area contributed by atoms with E-state index in [0.717, 1.165) is 0 Å². The van der Waals surface area contributed by atoms with Gasteiger partial charge < -0.3 is 20.1 Å². The Labute approximate surface area is 121 Å². The van der Waals surface area contributed by atoms with Gasteiger partial charge in [-0.3, -0.25) is 0 Å². The summed E-state index contributed by atoms with van der Waals surface area (Å²) in [6.45, 7) is 2.92. The molecule has 1 aromatic heterocycles. The fourth-order valence-electron chi connectivity index (χ4n) is 1.71. The number of esters is 2. The summed E-state index contributed by atoms with van der Waals surface area (Å²) in [5.74, 6) is -2.37. The van der Waals surface area contributed by atoms with Crippen LogP contribution >= 0.6 is 0 Å². The van der Waals surface area contributed by atoms with E-state index in [1.165, 1.54) is 13.8 Å². The van der Waals surface area contributed by atoms with Gasteiger partial charge in [-0.05, 0) is 12.1 Å². The van der Waals surface area contributed by atoms with Crippen LogP contribution in [0.2, 0.25) is 0 Å². The Morgan fingerprint density at radius 3 is 2.14 bits per heavy atom. The monoisotopic (exact) mass is 292 g/mol. The number of nitrogens with two attached hydrogens (primary N) is 1.